The maximum Gasteiger partial charge on any atom is 0.322 e. The van der Waals surface area contributed by atoms with E-state index in [-0.39, 0.29) is 12.4 Å². The number of carbonyl (C=O) groups is 1. The Morgan fingerprint density at radius 3 is 2.42 bits per heavy atom. The van der Waals surface area contributed by atoms with Crippen molar-refractivity contribution >= 4 is 13.3 Å². The van der Waals surface area contributed by atoms with Crippen LogP contribution in [0.2, 0.25) is 0 Å². The van der Waals surface area contributed by atoms with Gasteiger partial charge >= 0.3 is 5.97 Å². The molecule has 0 aliphatic rings. The number of carboxylic acids is 1. The summed E-state index contributed by atoms with van der Waals surface area (Å²) in [4.78, 5) is 10.1. The van der Waals surface area contributed by atoms with Crippen LogP contribution in [0.25, 0.3) is 0 Å². The Hall–Kier alpha value is -0.960. The molecule has 0 bridgehead atoms. The standard InChI is InChI=1S/C6H13N2O3P/c1-5(7-4-6(9)10)8-12(2,3)11/h7H,1,4H2,2-3H3,(H,8,11)(H,9,10). The Bertz CT molecular complexity index is 233. The molecule has 0 saturated carbocycles. The van der Waals surface area contributed by atoms with Crippen molar-refractivity contribution in [2.45, 2.75) is 0 Å². The maximum absolute atomic E-state index is 11.1. The lowest BCUT2D eigenvalue weighted by molar-refractivity contribution is -0.135. The van der Waals surface area contributed by atoms with E-state index >= 15 is 0 Å². The summed E-state index contributed by atoms with van der Waals surface area (Å²) in [6.45, 7) is 6.28. The Kier molecular flexibility index (Phi) is 3.83. The quantitative estimate of drug-likeness (QED) is 0.544. The van der Waals surface area contributed by atoms with Crippen LogP contribution in [0.5, 0.6) is 0 Å². The second kappa shape index (κ2) is 4.16. The number of nitrogens with one attached hydrogen (secondary N) is 2. The summed E-state index contributed by atoms with van der Waals surface area (Å²) in [5, 5.41) is 13.3. The highest BCUT2D eigenvalue weighted by Gasteiger charge is 2.06. The second-order valence-corrected chi connectivity index (χ2v) is 5.61. The van der Waals surface area contributed by atoms with E-state index in [0.29, 0.717) is 0 Å². The summed E-state index contributed by atoms with van der Waals surface area (Å²) < 4.78 is 11.1. The Morgan fingerprint density at radius 1 is 1.58 bits per heavy atom. The van der Waals surface area contributed by atoms with Gasteiger partial charge in [-0.15, -0.1) is 0 Å². The summed E-state index contributed by atoms with van der Waals surface area (Å²) in [6, 6.07) is 0. The van der Waals surface area contributed by atoms with Crippen LogP contribution in [0.15, 0.2) is 12.4 Å². The molecule has 12 heavy (non-hydrogen) atoms. The van der Waals surface area contributed by atoms with Crippen molar-refractivity contribution in [1.82, 2.24) is 10.4 Å². The van der Waals surface area contributed by atoms with Crippen LogP contribution < -0.4 is 10.4 Å². The minimum Gasteiger partial charge on any atom is -0.480 e. The third-order valence-corrected chi connectivity index (χ3v) is 1.67. The fourth-order valence-electron chi connectivity index (χ4n) is 0.547. The predicted molar refractivity (Wildman–Crippen MR) is 47.4 cm³/mol. The molecule has 0 rings (SSSR count). The van der Waals surface area contributed by atoms with Crippen LogP contribution in [-0.2, 0) is 9.36 Å². The highest BCUT2D eigenvalue weighted by Crippen LogP contribution is 2.30. The molecule has 0 aliphatic carbocycles. The van der Waals surface area contributed by atoms with Crippen molar-refractivity contribution < 1.29 is 14.5 Å². The largest absolute Gasteiger partial charge is 0.480 e. The van der Waals surface area contributed by atoms with E-state index in [9.17, 15) is 9.36 Å². The molecule has 0 heterocycles. The molecule has 0 aromatic heterocycles. The van der Waals surface area contributed by atoms with Gasteiger partial charge in [-0.05, 0) is 0 Å². The summed E-state index contributed by atoms with van der Waals surface area (Å²) in [7, 11) is -2.39. The van der Waals surface area contributed by atoms with Crippen molar-refractivity contribution in [2.24, 2.45) is 0 Å². The summed E-state index contributed by atoms with van der Waals surface area (Å²) in [5.74, 6) is -0.717. The Balaban J connectivity index is 3.76. The van der Waals surface area contributed by atoms with E-state index in [4.69, 9.17) is 5.11 Å². The van der Waals surface area contributed by atoms with Crippen molar-refractivity contribution in [1.29, 1.82) is 0 Å². The van der Waals surface area contributed by atoms with Crippen LogP contribution >= 0.6 is 7.29 Å². The summed E-state index contributed by atoms with van der Waals surface area (Å²) >= 11 is 0. The predicted octanol–water partition coefficient (Wildman–Crippen LogP) is 0.259. The molecule has 0 saturated heterocycles. The van der Waals surface area contributed by atoms with Gasteiger partial charge < -0.3 is 20.1 Å². The van der Waals surface area contributed by atoms with Gasteiger partial charge in [-0.2, -0.15) is 0 Å². The highest BCUT2D eigenvalue weighted by atomic mass is 31.2. The topological polar surface area (TPSA) is 78.4 Å². The molecule has 0 aliphatic heterocycles. The molecular weight excluding hydrogens is 179 g/mol. The number of hydrogen-bond donors (Lipinski definition) is 3. The highest BCUT2D eigenvalue weighted by molar-refractivity contribution is 7.60. The van der Waals surface area contributed by atoms with E-state index in [2.05, 4.69) is 17.0 Å². The minimum absolute atomic E-state index is 0.230. The zero-order chi connectivity index (χ0) is 9.78. The van der Waals surface area contributed by atoms with Crippen LogP contribution in [-0.4, -0.2) is 31.0 Å². The van der Waals surface area contributed by atoms with Crippen LogP contribution in [0.1, 0.15) is 0 Å². The van der Waals surface area contributed by atoms with E-state index in [1.807, 2.05) is 0 Å². The fourth-order valence-corrected chi connectivity index (χ4v) is 1.28. The number of carboxylic acid groups (broad SMARTS) is 1. The third kappa shape index (κ3) is 7.15. The first-order chi connectivity index (χ1) is 5.31. The molecular formula is C6H13N2O3P. The fraction of sp³-hybridized carbons (Fsp3) is 0.500. The van der Waals surface area contributed by atoms with Crippen molar-refractivity contribution in [2.75, 3.05) is 19.9 Å². The smallest absolute Gasteiger partial charge is 0.322 e. The van der Waals surface area contributed by atoms with E-state index in [0.717, 1.165) is 0 Å². The Morgan fingerprint density at radius 2 is 2.08 bits per heavy atom. The number of hydrogen-bond acceptors (Lipinski definition) is 3. The van der Waals surface area contributed by atoms with E-state index < -0.39 is 13.3 Å². The molecule has 0 aromatic rings. The van der Waals surface area contributed by atoms with Gasteiger partial charge in [-0.3, -0.25) is 4.79 Å². The first-order valence-electron chi connectivity index (χ1n) is 3.29. The molecule has 0 fully saturated rings. The number of rotatable bonds is 5. The average Bonchev–Trinajstić information content (AvgIpc) is 1.79. The first kappa shape index (κ1) is 11.0. The van der Waals surface area contributed by atoms with Crippen LogP contribution in [0.4, 0.5) is 0 Å². The zero-order valence-electron chi connectivity index (χ0n) is 7.13. The lowest BCUT2D eigenvalue weighted by Gasteiger charge is -2.13. The van der Waals surface area contributed by atoms with Gasteiger partial charge in [-0.25, -0.2) is 0 Å². The maximum atomic E-state index is 11.1. The second-order valence-electron chi connectivity index (χ2n) is 2.69. The van der Waals surface area contributed by atoms with Gasteiger partial charge in [0.05, 0.1) is 5.82 Å². The molecule has 0 radical (unpaired) electrons. The molecule has 0 spiro atoms. The van der Waals surface area contributed by atoms with Gasteiger partial charge in [0.25, 0.3) is 0 Å². The molecule has 70 valence electrons. The zero-order valence-corrected chi connectivity index (χ0v) is 8.02. The van der Waals surface area contributed by atoms with Gasteiger partial charge in [-0.1, -0.05) is 6.58 Å². The third-order valence-electron chi connectivity index (χ3n) is 0.857. The molecule has 0 atom stereocenters. The monoisotopic (exact) mass is 192 g/mol. The Labute approximate surface area is 71.3 Å². The van der Waals surface area contributed by atoms with Crippen LogP contribution in [0, 0.1) is 0 Å². The molecule has 0 unspecified atom stereocenters. The average molecular weight is 192 g/mol. The molecule has 3 N–H and O–H groups in total. The molecule has 6 heteroatoms. The van der Waals surface area contributed by atoms with Crippen molar-refractivity contribution in [3.63, 3.8) is 0 Å². The summed E-state index contributed by atoms with van der Waals surface area (Å²) in [5.41, 5.74) is 0. The van der Waals surface area contributed by atoms with Gasteiger partial charge in [0, 0.05) is 13.3 Å². The lowest BCUT2D eigenvalue weighted by Crippen LogP contribution is -2.28. The number of aliphatic carboxylic acids is 1. The van der Waals surface area contributed by atoms with Crippen LogP contribution in [0.3, 0.4) is 0 Å². The lowest BCUT2D eigenvalue weighted by atomic mass is 10.6. The van der Waals surface area contributed by atoms with E-state index in [1.54, 1.807) is 0 Å². The first-order valence-corrected chi connectivity index (χ1v) is 5.89. The van der Waals surface area contributed by atoms with Crippen molar-refractivity contribution in [3.8, 4) is 0 Å². The van der Waals surface area contributed by atoms with Gasteiger partial charge in [0.2, 0.25) is 0 Å². The van der Waals surface area contributed by atoms with Gasteiger partial charge in [0.1, 0.15) is 6.54 Å². The molecule has 0 aromatic carbocycles. The summed E-state index contributed by atoms with van der Waals surface area (Å²) in [6.07, 6.45) is 0. The van der Waals surface area contributed by atoms with Crippen molar-refractivity contribution in [3.05, 3.63) is 12.4 Å². The minimum atomic E-state index is -2.39. The molecule has 5 nitrogen and oxygen atoms in total. The van der Waals surface area contributed by atoms with Gasteiger partial charge in [0.15, 0.2) is 7.29 Å². The van der Waals surface area contributed by atoms with E-state index in [1.165, 1.54) is 13.3 Å². The normalized spacial score (nSPS) is 10.5. The SMILES string of the molecule is C=C(NCC(=O)O)NP(C)(C)=O. The molecule has 0 amide bonds.